The van der Waals surface area contributed by atoms with Crippen LogP contribution in [-0.4, -0.2) is 30.8 Å². The van der Waals surface area contributed by atoms with Crippen molar-refractivity contribution in [1.29, 1.82) is 0 Å². The van der Waals surface area contributed by atoms with Crippen molar-refractivity contribution in [1.82, 2.24) is 9.88 Å². The molecule has 0 bridgehead atoms. The average molecular weight is 359 g/mol. The molecule has 0 atom stereocenters. The summed E-state index contributed by atoms with van der Waals surface area (Å²) in [4.78, 5) is 12.4. The number of rotatable bonds is 8. The number of carbonyl (C=O) groups excluding carboxylic acids is 1. The minimum Gasteiger partial charge on any atom is -0.359 e. The summed E-state index contributed by atoms with van der Waals surface area (Å²) in [6.07, 6.45) is 2.67. The van der Waals surface area contributed by atoms with Crippen LogP contribution >= 0.6 is 0 Å². The van der Waals surface area contributed by atoms with Gasteiger partial charge in [-0.15, -0.1) is 0 Å². The smallest absolute Gasteiger partial charge is 0.247 e. The second-order valence-electron chi connectivity index (χ2n) is 7.40. The molecule has 0 saturated heterocycles. The molecular formula is C16H29N3O4S. The highest BCUT2D eigenvalue weighted by molar-refractivity contribution is 7.91. The number of sulfonamides is 1. The molecule has 138 valence electrons. The van der Waals surface area contributed by atoms with E-state index in [0.29, 0.717) is 12.3 Å². The zero-order valence-corrected chi connectivity index (χ0v) is 16.2. The van der Waals surface area contributed by atoms with Crippen LogP contribution < -0.4 is 10.0 Å². The maximum absolute atomic E-state index is 12.4. The predicted octanol–water partition coefficient (Wildman–Crippen LogP) is 2.80. The standard InChI is InChI=1S/C16H29N3O4S/c1-7-8-9-10-17-24(21,22)16(5,6)14(20)18-13-11-12(23-19-13)15(2,3)4/h11,17H,7-10H2,1-6H3,(H,18,19,20). The zero-order chi connectivity index (χ0) is 18.6. The van der Waals surface area contributed by atoms with E-state index in [-0.39, 0.29) is 11.2 Å². The van der Waals surface area contributed by atoms with E-state index in [1.54, 1.807) is 6.07 Å². The van der Waals surface area contributed by atoms with Gasteiger partial charge < -0.3 is 9.84 Å². The van der Waals surface area contributed by atoms with E-state index in [1.807, 2.05) is 27.7 Å². The molecular weight excluding hydrogens is 330 g/mol. The SMILES string of the molecule is CCCCCNS(=O)(=O)C(C)(C)C(=O)Nc1cc(C(C)(C)C)on1. The van der Waals surface area contributed by atoms with Gasteiger partial charge in [-0.1, -0.05) is 45.7 Å². The van der Waals surface area contributed by atoms with Crippen LogP contribution in [0.1, 0.15) is 66.6 Å². The third-order valence-electron chi connectivity index (χ3n) is 3.78. The van der Waals surface area contributed by atoms with Crippen LogP contribution in [-0.2, 0) is 20.2 Å². The second kappa shape index (κ2) is 7.65. The van der Waals surface area contributed by atoms with Crippen LogP contribution in [0.3, 0.4) is 0 Å². The number of amides is 1. The van der Waals surface area contributed by atoms with Crippen LogP contribution in [0.4, 0.5) is 5.82 Å². The molecule has 0 saturated carbocycles. The number of carbonyl (C=O) groups is 1. The van der Waals surface area contributed by atoms with Crippen LogP contribution in [0.5, 0.6) is 0 Å². The van der Waals surface area contributed by atoms with Gasteiger partial charge in [0, 0.05) is 18.0 Å². The number of hydrogen-bond acceptors (Lipinski definition) is 5. The van der Waals surface area contributed by atoms with E-state index >= 15 is 0 Å². The van der Waals surface area contributed by atoms with Gasteiger partial charge in [0.2, 0.25) is 15.9 Å². The monoisotopic (exact) mass is 359 g/mol. The minimum atomic E-state index is -3.80. The molecule has 1 aromatic rings. The van der Waals surface area contributed by atoms with Crippen LogP contribution in [0.15, 0.2) is 10.6 Å². The molecule has 8 heteroatoms. The van der Waals surface area contributed by atoms with Crippen molar-refractivity contribution < 1.29 is 17.7 Å². The lowest BCUT2D eigenvalue weighted by molar-refractivity contribution is -0.117. The summed E-state index contributed by atoms with van der Waals surface area (Å²) in [5.41, 5.74) is -0.252. The largest absolute Gasteiger partial charge is 0.359 e. The lowest BCUT2D eigenvalue weighted by Gasteiger charge is -2.23. The number of nitrogens with one attached hydrogen (secondary N) is 2. The van der Waals surface area contributed by atoms with Crippen molar-refractivity contribution in [2.45, 2.75) is 71.0 Å². The third-order valence-corrected chi connectivity index (χ3v) is 5.90. The number of nitrogens with zero attached hydrogens (tertiary/aromatic N) is 1. The van der Waals surface area contributed by atoms with Crippen molar-refractivity contribution in [2.24, 2.45) is 0 Å². The van der Waals surface area contributed by atoms with E-state index in [0.717, 1.165) is 19.3 Å². The minimum absolute atomic E-state index is 0.208. The first kappa shape index (κ1) is 20.6. The Bertz CT molecular complexity index is 657. The maximum atomic E-state index is 12.4. The summed E-state index contributed by atoms with van der Waals surface area (Å²) in [6.45, 7) is 11.0. The average Bonchev–Trinajstić information content (AvgIpc) is 2.92. The van der Waals surface area contributed by atoms with Gasteiger partial charge in [0.1, 0.15) is 5.76 Å². The normalized spacial score (nSPS) is 13.1. The highest BCUT2D eigenvalue weighted by atomic mass is 32.2. The van der Waals surface area contributed by atoms with Gasteiger partial charge in [-0.25, -0.2) is 13.1 Å². The fraction of sp³-hybridized carbons (Fsp3) is 0.750. The third kappa shape index (κ3) is 5.04. The molecule has 0 spiro atoms. The molecule has 1 aromatic heterocycles. The Balaban J connectivity index is 2.79. The fourth-order valence-electron chi connectivity index (χ4n) is 1.84. The van der Waals surface area contributed by atoms with Crippen molar-refractivity contribution >= 4 is 21.7 Å². The Labute approximate surface area is 144 Å². The zero-order valence-electron chi connectivity index (χ0n) is 15.4. The molecule has 0 fully saturated rings. The highest BCUT2D eigenvalue weighted by Gasteiger charge is 2.42. The number of aromatic nitrogens is 1. The Kier molecular flexibility index (Phi) is 6.58. The van der Waals surface area contributed by atoms with Gasteiger partial charge in [-0.05, 0) is 20.3 Å². The Morgan fingerprint density at radius 2 is 1.83 bits per heavy atom. The van der Waals surface area contributed by atoms with Gasteiger partial charge in [0.05, 0.1) is 0 Å². The van der Waals surface area contributed by atoms with Gasteiger partial charge in [0.15, 0.2) is 10.6 Å². The summed E-state index contributed by atoms with van der Waals surface area (Å²) < 4.78 is 30.9. The van der Waals surface area contributed by atoms with E-state index in [4.69, 9.17) is 4.52 Å². The molecule has 1 amide bonds. The first-order chi connectivity index (χ1) is 10.9. The molecule has 7 nitrogen and oxygen atoms in total. The Morgan fingerprint density at radius 1 is 1.21 bits per heavy atom. The summed E-state index contributed by atoms with van der Waals surface area (Å²) >= 11 is 0. The van der Waals surface area contributed by atoms with Gasteiger partial charge in [-0.3, -0.25) is 4.79 Å². The van der Waals surface area contributed by atoms with Crippen LogP contribution in [0, 0.1) is 0 Å². The predicted molar refractivity (Wildman–Crippen MR) is 94.4 cm³/mol. The molecule has 0 unspecified atom stereocenters. The highest BCUT2D eigenvalue weighted by Crippen LogP contribution is 2.25. The van der Waals surface area contributed by atoms with Crippen LogP contribution in [0.2, 0.25) is 0 Å². The molecule has 1 heterocycles. The van der Waals surface area contributed by atoms with E-state index in [2.05, 4.69) is 15.2 Å². The summed E-state index contributed by atoms with van der Waals surface area (Å²) in [7, 11) is -3.80. The molecule has 1 rings (SSSR count). The van der Waals surface area contributed by atoms with E-state index in [1.165, 1.54) is 13.8 Å². The van der Waals surface area contributed by atoms with Crippen molar-refractivity contribution in [3.05, 3.63) is 11.8 Å². The molecule has 2 N–H and O–H groups in total. The van der Waals surface area contributed by atoms with E-state index in [9.17, 15) is 13.2 Å². The topological polar surface area (TPSA) is 101 Å². The molecule has 0 aliphatic rings. The van der Waals surface area contributed by atoms with E-state index < -0.39 is 20.7 Å². The van der Waals surface area contributed by atoms with Gasteiger partial charge >= 0.3 is 0 Å². The summed E-state index contributed by atoms with van der Waals surface area (Å²) in [6, 6.07) is 1.61. The van der Waals surface area contributed by atoms with Gasteiger partial charge in [-0.2, -0.15) is 0 Å². The summed E-state index contributed by atoms with van der Waals surface area (Å²) in [5, 5.41) is 6.30. The van der Waals surface area contributed by atoms with Gasteiger partial charge in [0.25, 0.3) is 0 Å². The molecule has 0 aliphatic carbocycles. The Morgan fingerprint density at radius 3 is 2.33 bits per heavy atom. The molecule has 0 aliphatic heterocycles. The lowest BCUT2D eigenvalue weighted by Crippen LogP contribution is -2.50. The molecule has 0 radical (unpaired) electrons. The number of anilines is 1. The lowest BCUT2D eigenvalue weighted by atomic mass is 9.93. The summed E-state index contributed by atoms with van der Waals surface area (Å²) in [5.74, 6) is 0.162. The van der Waals surface area contributed by atoms with Crippen molar-refractivity contribution in [2.75, 3.05) is 11.9 Å². The molecule has 24 heavy (non-hydrogen) atoms. The molecule has 0 aromatic carbocycles. The van der Waals surface area contributed by atoms with Crippen molar-refractivity contribution in [3.8, 4) is 0 Å². The number of hydrogen-bond donors (Lipinski definition) is 2. The fourth-order valence-corrected chi connectivity index (χ4v) is 2.91. The first-order valence-corrected chi connectivity index (χ1v) is 9.68. The quantitative estimate of drug-likeness (QED) is 0.695. The van der Waals surface area contributed by atoms with Crippen molar-refractivity contribution in [3.63, 3.8) is 0 Å². The van der Waals surface area contributed by atoms with Crippen LogP contribution in [0.25, 0.3) is 0 Å². The Hall–Kier alpha value is -1.41. The second-order valence-corrected chi connectivity index (χ2v) is 9.71. The first-order valence-electron chi connectivity index (χ1n) is 8.19. The number of unbranched alkanes of at least 4 members (excludes halogenated alkanes) is 2. The maximum Gasteiger partial charge on any atom is 0.247 e.